The molecule has 2 saturated carbocycles. The molecule has 0 bridgehead atoms. The molecule has 1 aromatic heterocycles. The molecule has 2 heterocycles. The van der Waals surface area contributed by atoms with E-state index in [4.69, 9.17) is 4.74 Å². The zero-order valence-corrected chi connectivity index (χ0v) is 23.2. The molecule has 5 rings (SSSR count). The molecule has 1 aromatic carbocycles. The van der Waals surface area contributed by atoms with Crippen molar-refractivity contribution in [2.45, 2.75) is 65.0 Å². The van der Waals surface area contributed by atoms with Gasteiger partial charge in [-0.1, -0.05) is 19.9 Å². The van der Waals surface area contributed by atoms with E-state index in [2.05, 4.69) is 46.3 Å². The van der Waals surface area contributed by atoms with Crippen molar-refractivity contribution < 1.29 is 14.3 Å². The molecule has 2 aliphatic carbocycles. The van der Waals surface area contributed by atoms with Crippen LogP contribution in [0.3, 0.4) is 0 Å². The molecule has 204 valence electrons. The van der Waals surface area contributed by atoms with E-state index in [1.54, 1.807) is 6.20 Å². The van der Waals surface area contributed by atoms with Gasteiger partial charge in [0.25, 0.3) is 11.8 Å². The van der Waals surface area contributed by atoms with E-state index in [0.29, 0.717) is 30.3 Å². The summed E-state index contributed by atoms with van der Waals surface area (Å²) in [7, 11) is 2.09. The molecular weight excluding hydrogens is 478 g/mol. The summed E-state index contributed by atoms with van der Waals surface area (Å²) < 4.78 is 5.77. The summed E-state index contributed by atoms with van der Waals surface area (Å²) in [4.78, 5) is 35.0. The maximum Gasteiger partial charge on any atom is 0.252 e. The molecule has 38 heavy (non-hydrogen) atoms. The lowest BCUT2D eigenvalue weighted by Crippen LogP contribution is -2.38. The summed E-state index contributed by atoms with van der Waals surface area (Å²) in [5.41, 5.74) is 3.64. The molecule has 1 aliphatic heterocycles. The highest BCUT2D eigenvalue weighted by atomic mass is 16.5. The number of carbonyl (C=O) groups is 2. The Morgan fingerprint density at radius 1 is 1.13 bits per heavy atom. The first-order valence-electron chi connectivity index (χ1n) is 14.1. The number of nitrogens with zero attached hydrogens (tertiary/aromatic N) is 3. The van der Waals surface area contributed by atoms with Crippen molar-refractivity contribution in [3.63, 3.8) is 0 Å². The number of anilines is 1. The number of hydrogen-bond acceptors (Lipinski definition) is 6. The van der Waals surface area contributed by atoms with E-state index >= 15 is 0 Å². The highest BCUT2D eigenvalue weighted by Gasteiger charge is 2.57. The van der Waals surface area contributed by atoms with Crippen LogP contribution in [0.25, 0.3) is 0 Å². The smallest absolute Gasteiger partial charge is 0.252 e. The minimum Gasteiger partial charge on any atom is -0.493 e. The number of carbonyl (C=O) groups excluding carboxylic acids is 2. The molecule has 2 fully saturated rings. The first kappa shape index (κ1) is 26.5. The van der Waals surface area contributed by atoms with Crippen LogP contribution in [0.1, 0.15) is 71.4 Å². The molecule has 1 spiro atoms. The molecule has 2 N–H and O–H groups in total. The maximum atomic E-state index is 13.2. The maximum absolute atomic E-state index is 13.2. The summed E-state index contributed by atoms with van der Waals surface area (Å²) >= 11 is 0. The number of hydrogen-bond donors (Lipinski definition) is 2. The van der Waals surface area contributed by atoms with Crippen molar-refractivity contribution in [2.24, 2.45) is 5.41 Å². The van der Waals surface area contributed by atoms with Gasteiger partial charge in [-0.05, 0) is 74.9 Å². The van der Waals surface area contributed by atoms with Crippen molar-refractivity contribution in [3.8, 4) is 5.75 Å². The first-order chi connectivity index (χ1) is 18.3. The van der Waals surface area contributed by atoms with Gasteiger partial charge in [-0.3, -0.25) is 9.59 Å². The number of pyridine rings is 1. The monoisotopic (exact) mass is 519 g/mol. The Bertz CT molecular complexity index is 1170. The molecule has 2 atom stereocenters. The van der Waals surface area contributed by atoms with Crippen LogP contribution in [0.2, 0.25) is 0 Å². The average molecular weight is 520 g/mol. The van der Waals surface area contributed by atoms with Crippen molar-refractivity contribution in [2.75, 3.05) is 44.7 Å². The quantitative estimate of drug-likeness (QED) is 0.499. The first-order valence-corrected chi connectivity index (χ1v) is 14.1. The normalized spacial score (nSPS) is 20.8. The van der Waals surface area contributed by atoms with E-state index in [-0.39, 0.29) is 23.3 Å². The average Bonchev–Trinajstić information content (AvgIpc) is 3.36. The number of fused-ring (bicyclic) bond motifs is 1. The lowest BCUT2D eigenvalue weighted by molar-refractivity contribution is 0.0931. The summed E-state index contributed by atoms with van der Waals surface area (Å²) in [5, 5.41) is 6.32. The number of aromatic nitrogens is 1. The predicted molar refractivity (Wildman–Crippen MR) is 149 cm³/mol. The van der Waals surface area contributed by atoms with E-state index in [1.807, 2.05) is 31.2 Å². The minimum atomic E-state index is -0.0894. The Morgan fingerprint density at radius 2 is 1.92 bits per heavy atom. The van der Waals surface area contributed by atoms with Gasteiger partial charge in [-0.2, -0.15) is 0 Å². The van der Waals surface area contributed by atoms with E-state index in [1.165, 1.54) is 18.4 Å². The minimum absolute atomic E-state index is 0.0145. The van der Waals surface area contributed by atoms with Crippen molar-refractivity contribution in [1.82, 2.24) is 20.5 Å². The summed E-state index contributed by atoms with van der Waals surface area (Å²) in [6.07, 6.45) is 6.80. The Morgan fingerprint density at radius 3 is 2.61 bits per heavy atom. The van der Waals surface area contributed by atoms with Crippen LogP contribution in [0, 0.1) is 12.3 Å². The van der Waals surface area contributed by atoms with Gasteiger partial charge in [0.05, 0.1) is 12.2 Å². The molecule has 8 heteroatoms. The molecule has 0 saturated heterocycles. The number of likely N-dealkylation sites (N-methyl/N-ethyl adjacent to an activating group) is 1. The number of amides is 2. The number of rotatable bonds is 10. The fraction of sp³-hybridized carbons (Fsp3) is 0.567. The SMILES string of the molecule is CCN(CC)CCNC(=O)c1ccc(N(C)C2CC(NC(=O)c3ccc4c(c3C)OCC4)CC23CC3)nc1. The van der Waals surface area contributed by atoms with E-state index in [9.17, 15) is 9.59 Å². The van der Waals surface area contributed by atoms with Crippen LogP contribution in [0.5, 0.6) is 5.75 Å². The molecule has 0 radical (unpaired) electrons. The van der Waals surface area contributed by atoms with Crippen molar-refractivity contribution in [1.29, 1.82) is 0 Å². The fourth-order valence-corrected chi connectivity index (χ4v) is 6.38. The Labute approximate surface area is 226 Å². The van der Waals surface area contributed by atoms with E-state index in [0.717, 1.165) is 56.0 Å². The second-order valence-electron chi connectivity index (χ2n) is 11.1. The van der Waals surface area contributed by atoms with Gasteiger partial charge in [0.1, 0.15) is 11.6 Å². The second-order valence-corrected chi connectivity index (χ2v) is 11.1. The van der Waals surface area contributed by atoms with Gasteiger partial charge in [0.15, 0.2) is 0 Å². The van der Waals surface area contributed by atoms with Crippen molar-refractivity contribution in [3.05, 3.63) is 52.7 Å². The Kier molecular flexibility index (Phi) is 7.61. The van der Waals surface area contributed by atoms with Gasteiger partial charge in [0, 0.05) is 56.0 Å². The third-order valence-corrected chi connectivity index (χ3v) is 8.89. The Balaban J connectivity index is 1.19. The highest BCUT2D eigenvalue weighted by Crippen LogP contribution is 2.59. The van der Waals surface area contributed by atoms with Gasteiger partial charge in [-0.25, -0.2) is 4.98 Å². The third-order valence-electron chi connectivity index (χ3n) is 8.89. The fourth-order valence-electron chi connectivity index (χ4n) is 6.38. The molecule has 3 aliphatic rings. The lowest BCUT2D eigenvalue weighted by atomic mass is 9.99. The number of nitrogens with one attached hydrogen (secondary N) is 2. The van der Waals surface area contributed by atoms with Gasteiger partial charge < -0.3 is 25.2 Å². The molecule has 2 amide bonds. The number of benzene rings is 1. The van der Waals surface area contributed by atoms with E-state index < -0.39 is 0 Å². The summed E-state index contributed by atoms with van der Waals surface area (Å²) in [6.45, 7) is 10.3. The standard InChI is InChI=1S/C30H41N5O3/c1-5-35(6-2)15-14-31-28(36)22-8-10-26(32-19-22)34(4)25-17-23(18-30(25)12-13-30)33-29(37)24-9-7-21-11-16-38-27(21)20(24)3/h7-10,19,23,25H,5-6,11-18H2,1-4H3,(H,31,36)(H,33,37). The van der Waals surface area contributed by atoms with Crippen LogP contribution < -0.4 is 20.3 Å². The van der Waals surface area contributed by atoms with Crippen LogP contribution in [-0.2, 0) is 6.42 Å². The zero-order valence-electron chi connectivity index (χ0n) is 23.2. The molecule has 8 nitrogen and oxygen atoms in total. The van der Waals surface area contributed by atoms with Crippen LogP contribution in [-0.4, -0.2) is 73.6 Å². The van der Waals surface area contributed by atoms with Crippen LogP contribution >= 0.6 is 0 Å². The summed E-state index contributed by atoms with van der Waals surface area (Å²) in [6, 6.07) is 8.20. The molecule has 2 aromatic rings. The third kappa shape index (κ3) is 5.23. The highest BCUT2D eigenvalue weighted by molar-refractivity contribution is 5.96. The number of ether oxygens (including phenoxy) is 1. The van der Waals surface area contributed by atoms with Crippen LogP contribution in [0.15, 0.2) is 30.5 Å². The van der Waals surface area contributed by atoms with Crippen molar-refractivity contribution >= 4 is 17.6 Å². The summed E-state index contributed by atoms with van der Waals surface area (Å²) in [5.74, 6) is 1.64. The largest absolute Gasteiger partial charge is 0.493 e. The van der Waals surface area contributed by atoms with Gasteiger partial charge in [0.2, 0.25) is 0 Å². The second kappa shape index (κ2) is 10.9. The lowest BCUT2D eigenvalue weighted by Gasteiger charge is -2.30. The van der Waals surface area contributed by atoms with Gasteiger partial charge >= 0.3 is 0 Å². The Hall–Kier alpha value is -3.13. The zero-order chi connectivity index (χ0) is 26.9. The van der Waals surface area contributed by atoms with Gasteiger partial charge in [-0.15, -0.1) is 0 Å². The predicted octanol–water partition coefficient (Wildman–Crippen LogP) is 3.57. The van der Waals surface area contributed by atoms with Crippen LogP contribution in [0.4, 0.5) is 5.82 Å². The molecule has 2 unspecified atom stereocenters. The molecular formula is C30H41N5O3. The topological polar surface area (TPSA) is 86.8 Å².